The monoisotopic (exact) mass is 287 g/mol. The largest absolute Gasteiger partial charge is 0.507 e. The summed E-state index contributed by atoms with van der Waals surface area (Å²) in [6, 6.07) is 12.2. The minimum atomic E-state index is -0.216. The van der Waals surface area contributed by atoms with Crippen LogP contribution in [0.15, 0.2) is 42.5 Å². The molecule has 0 spiro atoms. The summed E-state index contributed by atoms with van der Waals surface area (Å²) < 4.78 is 18.3. The maximum Gasteiger partial charge on any atom is 0.127 e. The second kappa shape index (κ2) is 5.74. The third-order valence-electron chi connectivity index (χ3n) is 4.07. The van der Waals surface area contributed by atoms with Crippen molar-refractivity contribution in [3.8, 4) is 11.5 Å². The maximum absolute atomic E-state index is 13.0. The van der Waals surface area contributed by atoms with Crippen molar-refractivity contribution in [2.45, 2.75) is 19.0 Å². The normalized spacial score (nSPS) is 18.3. The Labute approximate surface area is 123 Å². The van der Waals surface area contributed by atoms with Gasteiger partial charge in [-0.05, 0) is 36.2 Å². The summed E-state index contributed by atoms with van der Waals surface area (Å²) in [6.45, 7) is 1.58. The van der Waals surface area contributed by atoms with Crippen LogP contribution in [0.4, 0.5) is 4.39 Å². The highest BCUT2D eigenvalue weighted by Gasteiger charge is 2.30. The Morgan fingerprint density at radius 3 is 2.62 bits per heavy atom. The van der Waals surface area contributed by atoms with Crippen LogP contribution in [0.25, 0.3) is 0 Å². The maximum atomic E-state index is 13.0. The van der Waals surface area contributed by atoms with Gasteiger partial charge in [-0.2, -0.15) is 0 Å². The van der Waals surface area contributed by atoms with Crippen LogP contribution in [0.3, 0.4) is 0 Å². The molecule has 110 valence electrons. The lowest BCUT2D eigenvalue weighted by molar-refractivity contribution is 0.0799. The molecule has 0 aliphatic carbocycles. The van der Waals surface area contributed by atoms with E-state index in [1.807, 2.05) is 18.2 Å². The summed E-state index contributed by atoms with van der Waals surface area (Å²) in [7, 11) is 1.60. The van der Waals surface area contributed by atoms with Gasteiger partial charge in [-0.1, -0.05) is 18.2 Å². The lowest BCUT2D eigenvalue weighted by Crippen LogP contribution is -2.40. The van der Waals surface area contributed by atoms with E-state index in [-0.39, 0.29) is 17.6 Å². The van der Waals surface area contributed by atoms with Crippen molar-refractivity contribution >= 4 is 0 Å². The first-order valence-electron chi connectivity index (χ1n) is 7.03. The quantitative estimate of drug-likeness (QED) is 0.934. The number of benzene rings is 2. The van der Waals surface area contributed by atoms with E-state index in [0.29, 0.717) is 12.3 Å². The van der Waals surface area contributed by atoms with Gasteiger partial charge >= 0.3 is 0 Å². The molecule has 0 aromatic heterocycles. The Hall–Kier alpha value is -2.07. The smallest absolute Gasteiger partial charge is 0.127 e. The van der Waals surface area contributed by atoms with Crippen molar-refractivity contribution in [1.82, 2.24) is 4.90 Å². The van der Waals surface area contributed by atoms with Crippen LogP contribution in [0.2, 0.25) is 0 Å². The van der Waals surface area contributed by atoms with Gasteiger partial charge in [-0.15, -0.1) is 0 Å². The van der Waals surface area contributed by atoms with Crippen molar-refractivity contribution in [2.75, 3.05) is 13.7 Å². The number of methoxy groups -OCH3 is 1. The second-order valence-corrected chi connectivity index (χ2v) is 5.28. The molecule has 0 radical (unpaired) electrons. The van der Waals surface area contributed by atoms with Crippen LogP contribution < -0.4 is 4.74 Å². The minimum Gasteiger partial charge on any atom is -0.507 e. The van der Waals surface area contributed by atoms with Gasteiger partial charge in [0.2, 0.25) is 0 Å². The molecule has 2 aromatic rings. The van der Waals surface area contributed by atoms with E-state index in [0.717, 1.165) is 24.1 Å². The molecule has 1 aliphatic heterocycles. The van der Waals surface area contributed by atoms with E-state index >= 15 is 0 Å². The first-order valence-corrected chi connectivity index (χ1v) is 7.03. The Morgan fingerprint density at radius 2 is 2.00 bits per heavy atom. The molecule has 3 nitrogen and oxygen atoms in total. The lowest BCUT2D eigenvalue weighted by atomic mass is 9.94. The average Bonchev–Trinajstić information content (AvgIpc) is 2.46. The van der Waals surface area contributed by atoms with Crippen molar-refractivity contribution in [1.29, 1.82) is 0 Å². The molecule has 1 fully saturated rings. The molecular formula is C17H18FNO2. The molecule has 1 heterocycles. The molecule has 1 aliphatic rings. The number of rotatable bonds is 4. The SMILES string of the molecule is COc1cccc(O)c1CN1CC[C@H]1c1ccc(F)cc1. The average molecular weight is 287 g/mol. The predicted molar refractivity (Wildman–Crippen MR) is 78.8 cm³/mol. The minimum absolute atomic E-state index is 0.216. The summed E-state index contributed by atoms with van der Waals surface area (Å²) in [5.41, 5.74) is 1.91. The summed E-state index contributed by atoms with van der Waals surface area (Å²) in [6.07, 6.45) is 1.04. The number of ether oxygens (including phenoxy) is 1. The van der Waals surface area contributed by atoms with Gasteiger partial charge in [0.05, 0.1) is 7.11 Å². The molecule has 1 atom stereocenters. The number of phenolic OH excluding ortho intramolecular Hbond substituents is 1. The molecule has 4 heteroatoms. The van der Waals surface area contributed by atoms with E-state index in [2.05, 4.69) is 4.90 Å². The van der Waals surface area contributed by atoms with Crippen molar-refractivity contribution in [2.24, 2.45) is 0 Å². The summed E-state index contributed by atoms with van der Waals surface area (Å²) in [5.74, 6) is 0.728. The molecule has 2 aromatic carbocycles. The van der Waals surface area contributed by atoms with Gasteiger partial charge < -0.3 is 9.84 Å². The predicted octanol–water partition coefficient (Wildman–Crippen LogP) is 3.49. The van der Waals surface area contributed by atoms with E-state index in [4.69, 9.17) is 4.74 Å². The Balaban J connectivity index is 1.78. The van der Waals surface area contributed by atoms with E-state index < -0.39 is 0 Å². The van der Waals surface area contributed by atoms with Crippen molar-refractivity contribution in [3.05, 3.63) is 59.4 Å². The highest BCUT2D eigenvalue weighted by molar-refractivity contribution is 5.44. The van der Waals surface area contributed by atoms with Crippen molar-refractivity contribution < 1.29 is 14.2 Å². The van der Waals surface area contributed by atoms with Crippen LogP contribution in [0, 0.1) is 5.82 Å². The summed E-state index contributed by atoms with van der Waals surface area (Å²) in [4.78, 5) is 2.25. The van der Waals surface area contributed by atoms with Crippen LogP contribution in [0.1, 0.15) is 23.6 Å². The fraction of sp³-hybridized carbons (Fsp3) is 0.294. The van der Waals surface area contributed by atoms with E-state index in [1.165, 1.54) is 12.1 Å². The third-order valence-corrected chi connectivity index (χ3v) is 4.07. The second-order valence-electron chi connectivity index (χ2n) is 5.28. The number of hydrogen-bond acceptors (Lipinski definition) is 3. The standard InChI is InChI=1S/C17H18FNO2/c1-21-17-4-2-3-16(20)14(17)11-19-10-9-15(19)12-5-7-13(18)8-6-12/h2-8,15,20H,9-11H2,1H3/t15-/m0/s1. The highest BCUT2D eigenvalue weighted by Crippen LogP contribution is 2.38. The number of phenols is 1. The van der Waals surface area contributed by atoms with Gasteiger partial charge in [0.25, 0.3) is 0 Å². The van der Waals surface area contributed by atoms with Gasteiger partial charge in [0, 0.05) is 24.7 Å². The van der Waals surface area contributed by atoms with E-state index in [1.54, 1.807) is 19.2 Å². The van der Waals surface area contributed by atoms with Crippen LogP contribution in [-0.2, 0) is 6.54 Å². The zero-order chi connectivity index (χ0) is 14.8. The molecule has 1 N–H and O–H groups in total. The zero-order valence-corrected chi connectivity index (χ0v) is 11.9. The van der Waals surface area contributed by atoms with Crippen LogP contribution in [-0.4, -0.2) is 23.7 Å². The highest BCUT2D eigenvalue weighted by atomic mass is 19.1. The molecule has 0 bridgehead atoms. The Morgan fingerprint density at radius 1 is 1.24 bits per heavy atom. The Bertz CT molecular complexity index is 627. The summed E-state index contributed by atoms with van der Waals surface area (Å²) >= 11 is 0. The molecule has 21 heavy (non-hydrogen) atoms. The number of nitrogens with zero attached hydrogens (tertiary/aromatic N) is 1. The first kappa shape index (κ1) is 13.9. The summed E-state index contributed by atoms with van der Waals surface area (Å²) in [5, 5.41) is 10.0. The number of likely N-dealkylation sites (tertiary alicyclic amines) is 1. The van der Waals surface area contributed by atoms with Crippen LogP contribution >= 0.6 is 0 Å². The van der Waals surface area contributed by atoms with Gasteiger partial charge in [-0.3, -0.25) is 4.90 Å². The molecule has 0 unspecified atom stereocenters. The number of halogens is 1. The van der Waals surface area contributed by atoms with Gasteiger partial charge in [0.15, 0.2) is 0 Å². The molecular weight excluding hydrogens is 269 g/mol. The van der Waals surface area contributed by atoms with Gasteiger partial charge in [-0.25, -0.2) is 4.39 Å². The van der Waals surface area contributed by atoms with E-state index in [9.17, 15) is 9.50 Å². The molecule has 3 rings (SSSR count). The van der Waals surface area contributed by atoms with Crippen molar-refractivity contribution in [3.63, 3.8) is 0 Å². The van der Waals surface area contributed by atoms with Crippen LogP contribution in [0.5, 0.6) is 11.5 Å². The first-order chi connectivity index (χ1) is 10.2. The lowest BCUT2D eigenvalue weighted by Gasteiger charge is -2.41. The zero-order valence-electron chi connectivity index (χ0n) is 11.9. The molecule has 0 amide bonds. The number of aromatic hydroxyl groups is 1. The van der Waals surface area contributed by atoms with Gasteiger partial charge in [0.1, 0.15) is 17.3 Å². The molecule has 1 saturated heterocycles. The Kier molecular flexibility index (Phi) is 3.80. The third kappa shape index (κ3) is 2.72. The molecule has 0 saturated carbocycles. The fourth-order valence-electron chi connectivity index (χ4n) is 2.80. The number of hydrogen-bond donors (Lipinski definition) is 1. The topological polar surface area (TPSA) is 32.7 Å². The fourth-order valence-corrected chi connectivity index (χ4v) is 2.80.